The van der Waals surface area contributed by atoms with Gasteiger partial charge in [-0.05, 0) is 12.1 Å². The summed E-state index contributed by atoms with van der Waals surface area (Å²) >= 11 is 0. The molecule has 14 heavy (non-hydrogen) atoms. The fraction of sp³-hybridized carbons (Fsp3) is 0.125. The van der Waals surface area contributed by atoms with E-state index in [9.17, 15) is 9.59 Å². The van der Waals surface area contributed by atoms with Crippen molar-refractivity contribution in [2.45, 2.75) is 6.04 Å². The number of carboxylic acids is 2. The summed E-state index contributed by atoms with van der Waals surface area (Å²) in [5, 5.41) is 17.2. The van der Waals surface area contributed by atoms with Crippen molar-refractivity contribution in [2.24, 2.45) is 5.73 Å². The van der Waals surface area contributed by atoms with E-state index in [1.54, 1.807) is 0 Å². The number of nitrogens with two attached hydrogens (primary N) is 1. The maximum atomic E-state index is 10.5. The van der Waals surface area contributed by atoms with Crippen LogP contribution in [0.5, 0.6) is 0 Å². The summed E-state index contributed by atoms with van der Waals surface area (Å²) in [5.74, 6) is -2.40. The normalized spacial score (nSPS) is 12.1. The number of hydrogen-bond acceptors (Lipinski definition) is 4. The van der Waals surface area contributed by atoms with Crippen LogP contribution in [0.1, 0.15) is 22.1 Å². The molecule has 1 unspecified atom stereocenters. The van der Waals surface area contributed by atoms with Crippen molar-refractivity contribution in [3.63, 3.8) is 0 Å². The minimum absolute atomic E-state index is 0.0254. The molecule has 1 aromatic rings. The highest BCUT2D eigenvalue weighted by molar-refractivity contribution is 5.88. The van der Waals surface area contributed by atoms with Gasteiger partial charge in [-0.25, -0.2) is 4.79 Å². The van der Waals surface area contributed by atoms with E-state index in [1.165, 1.54) is 12.3 Å². The molecule has 6 nitrogen and oxygen atoms in total. The highest BCUT2D eigenvalue weighted by Crippen LogP contribution is 2.09. The van der Waals surface area contributed by atoms with Crippen molar-refractivity contribution < 1.29 is 19.8 Å². The Morgan fingerprint density at radius 2 is 2.07 bits per heavy atom. The number of aromatic carboxylic acids is 1. The monoisotopic (exact) mass is 196 g/mol. The number of nitrogens with zero attached hydrogens (tertiary/aromatic N) is 1. The number of aromatic nitrogens is 1. The fourth-order valence-electron chi connectivity index (χ4n) is 0.878. The molecule has 1 aromatic heterocycles. The molecular formula is C8H8N2O4. The Labute approximate surface area is 79.0 Å². The van der Waals surface area contributed by atoms with Gasteiger partial charge in [0.15, 0.2) is 0 Å². The van der Waals surface area contributed by atoms with Crippen molar-refractivity contribution in [3.8, 4) is 0 Å². The van der Waals surface area contributed by atoms with Crippen LogP contribution in [0.3, 0.4) is 0 Å². The maximum Gasteiger partial charge on any atom is 0.335 e. The molecule has 0 saturated heterocycles. The number of carbonyl (C=O) groups is 2. The molecule has 1 atom stereocenters. The van der Waals surface area contributed by atoms with Crippen LogP contribution in [0.4, 0.5) is 0 Å². The van der Waals surface area contributed by atoms with Crippen LogP contribution in [-0.4, -0.2) is 27.1 Å². The Morgan fingerprint density at radius 3 is 2.57 bits per heavy atom. The summed E-state index contributed by atoms with van der Waals surface area (Å²) in [6.07, 6.45) is 1.21. The van der Waals surface area contributed by atoms with Gasteiger partial charge in [-0.3, -0.25) is 9.78 Å². The molecule has 4 N–H and O–H groups in total. The van der Waals surface area contributed by atoms with Crippen molar-refractivity contribution in [1.29, 1.82) is 0 Å². The lowest BCUT2D eigenvalue weighted by Gasteiger charge is -2.05. The summed E-state index contributed by atoms with van der Waals surface area (Å²) in [5.41, 5.74) is 5.24. The third-order valence-corrected chi connectivity index (χ3v) is 1.61. The molecule has 0 aromatic carbocycles. The van der Waals surface area contributed by atoms with Crippen LogP contribution in [0.15, 0.2) is 18.3 Å². The van der Waals surface area contributed by atoms with Crippen LogP contribution >= 0.6 is 0 Å². The third kappa shape index (κ3) is 2.05. The molecule has 0 aliphatic heterocycles. The van der Waals surface area contributed by atoms with E-state index in [4.69, 9.17) is 15.9 Å². The first-order valence-corrected chi connectivity index (χ1v) is 3.70. The molecule has 0 aliphatic rings. The van der Waals surface area contributed by atoms with Crippen LogP contribution in [-0.2, 0) is 4.79 Å². The summed E-state index contributed by atoms with van der Waals surface area (Å²) in [6, 6.07) is 1.11. The van der Waals surface area contributed by atoms with Crippen LogP contribution in [0.25, 0.3) is 0 Å². The van der Waals surface area contributed by atoms with E-state index >= 15 is 0 Å². The number of pyridine rings is 1. The molecule has 1 heterocycles. The minimum atomic E-state index is -1.30. The molecule has 0 spiro atoms. The average molecular weight is 196 g/mol. The van der Waals surface area contributed by atoms with Crippen molar-refractivity contribution in [1.82, 2.24) is 4.98 Å². The summed E-state index contributed by atoms with van der Waals surface area (Å²) in [7, 11) is 0. The molecule has 0 bridgehead atoms. The zero-order chi connectivity index (χ0) is 10.7. The van der Waals surface area contributed by atoms with E-state index in [0.29, 0.717) is 0 Å². The van der Waals surface area contributed by atoms with Gasteiger partial charge in [0.05, 0.1) is 11.3 Å². The molecule has 74 valence electrons. The highest BCUT2D eigenvalue weighted by atomic mass is 16.4. The van der Waals surface area contributed by atoms with E-state index in [0.717, 1.165) is 6.07 Å². The van der Waals surface area contributed by atoms with Gasteiger partial charge < -0.3 is 15.9 Å². The SMILES string of the molecule is NC(C(=O)O)c1cc(C(=O)O)ccn1. The maximum absolute atomic E-state index is 10.5. The van der Waals surface area contributed by atoms with E-state index < -0.39 is 18.0 Å². The molecule has 0 aliphatic carbocycles. The second-order valence-corrected chi connectivity index (χ2v) is 2.59. The quantitative estimate of drug-likeness (QED) is 0.620. The van der Waals surface area contributed by atoms with Gasteiger partial charge in [0.25, 0.3) is 0 Å². The first-order chi connectivity index (χ1) is 6.52. The number of rotatable bonds is 3. The van der Waals surface area contributed by atoms with Gasteiger partial charge in [-0.15, -0.1) is 0 Å². The minimum Gasteiger partial charge on any atom is -0.480 e. The van der Waals surface area contributed by atoms with Crippen molar-refractivity contribution in [3.05, 3.63) is 29.6 Å². The first kappa shape index (κ1) is 10.1. The van der Waals surface area contributed by atoms with Gasteiger partial charge in [0, 0.05) is 6.20 Å². The van der Waals surface area contributed by atoms with E-state index in [1.807, 2.05) is 0 Å². The zero-order valence-corrected chi connectivity index (χ0v) is 7.04. The Hall–Kier alpha value is -1.95. The Balaban J connectivity index is 3.05. The van der Waals surface area contributed by atoms with Crippen LogP contribution in [0, 0.1) is 0 Å². The van der Waals surface area contributed by atoms with Crippen LogP contribution in [0.2, 0.25) is 0 Å². The second-order valence-electron chi connectivity index (χ2n) is 2.59. The number of hydrogen-bond donors (Lipinski definition) is 3. The van der Waals surface area contributed by atoms with E-state index in [-0.39, 0.29) is 11.3 Å². The smallest absolute Gasteiger partial charge is 0.335 e. The molecule has 0 radical (unpaired) electrons. The van der Waals surface area contributed by atoms with Gasteiger partial charge in [0.2, 0.25) is 0 Å². The molecule has 1 rings (SSSR count). The fourth-order valence-corrected chi connectivity index (χ4v) is 0.878. The molecule has 6 heteroatoms. The Kier molecular flexibility index (Phi) is 2.78. The highest BCUT2D eigenvalue weighted by Gasteiger charge is 2.16. The summed E-state index contributed by atoms with van der Waals surface area (Å²) in [6.45, 7) is 0. The second kappa shape index (κ2) is 3.84. The van der Waals surface area contributed by atoms with Gasteiger partial charge in [0.1, 0.15) is 6.04 Å². The van der Waals surface area contributed by atoms with Gasteiger partial charge >= 0.3 is 11.9 Å². The number of aliphatic carboxylic acids is 1. The third-order valence-electron chi connectivity index (χ3n) is 1.61. The Bertz CT molecular complexity index is 377. The number of carboxylic acid groups (broad SMARTS) is 2. The largest absolute Gasteiger partial charge is 0.480 e. The van der Waals surface area contributed by atoms with Crippen molar-refractivity contribution >= 4 is 11.9 Å². The summed E-state index contributed by atoms with van der Waals surface area (Å²) < 4.78 is 0. The predicted molar refractivity (Wildman–Crippen MR) is 45.8 cm³/mol. The summed E-state index contributed by atoms with van der Waals surface area (Å²) in [4.78, 5) is 24.7. The molecule has 0 saturated carbocycles. The lowest BCUT2D eigenvalue weighted by atomic mass is 10.1. The van der Waals surface area contributed by atoms with E-state index in [2.05, 4.69) is 4.98 Å². The van der Waals surface area contributed by atoms with Gasteiger partial charge in [-0.2, -0.15) is 0 Å². The standard InChI is InChI=1S/C8H8N2O4/c9-6(8(13)14)5-3-4(7(11)12)1-2-10-5/h1-3,6H,9H2,(H,11,12)(H,13,14). The Morgan fingerprint density at radius 1 is 1.43 bits per heavy atom. The van der Waals surface area contributed by atoms with Crippen molar-refractivity contribution in [2.75, 3.05) is 0 Å². The van der Waals surface area contributed by atoms with Crippen LogP contribution < -0.4 is 5.73 Å². The predicted octanol–water partition coefficient (Wildman–Crippen LogP) is -0.136. The topological polar surface area (TPSA) is 114 Å². The lowest BCUT2D eigenvalue weighted by Crippen LogP contribution is -2.22. The lowest BCUT2D eigenvalue weighted by molar-refractivity contribution is -0.138. The molecular weight excluding hydrogens is 188 g/mol. The average Bonchev–Trinajstić information content (AvgIpc) is 2.16. The first-order valence-electron chi connectivity index (χ1n) is 3.70. The van der Waals surface area contributed by atoms with Gasteiger partial charge in [-0.1, -0.05) is 0 Å². The molecule has 0 fully saturated rings. The zero-order valence-electron chi connectivity index (χ0n) is 7.04. The molecule has 0 amide bonds.